The predicted octanol–water partition coefficient (Wildman–Crippen LogP) is 1.35. The van der Waals surface area contributed by atoms with Crippen LogP contribution in [-0.2, 0) is 4.74 Å². The Morgan fingerprint density at radius 2 is 2.44 bits per heavy atom. The van der Waals surface area contributed by atoms with E-state index in [4.69, 9.17) is 10.5 Å². The topological polar surface area (TPSA) is 76.0 Å². The van der Waals surface area contributed by atoms with Gasteiger partial charge in [0.25, 0.3) is 0 Å². The van der Waals surface area contributed by atoms with Crippen molar-refractivity contribution >= 4 is 22.3 Å². The first-order chi connectivity index (χ1) is 7.83. The van der Waals surface area contributed by atoms with Crippen molar-refractivity contribution in [3.63, 3.8) is 0 Å². The molecular formula is C11H14N4O. The molecular weight excluding hydrogens is 204 g/mol. The van der Waals surface area contributed by atoms with Crippen molar-refractivity contribution in [2.75, 3.05) is 24.3 Å². The highest BCUT2D eigenvalue weighted by molar-refractivity contribution is 5.88. The van der Waals surface area contributed by atoms with E-state index in [1.807, 2.05) is 12.1 Å². The van der Waals surface area contributed by atoms with Crippen molar-refractivity contribution in [2.24, 2.45) is 0 Å². The number of nitrogens with one attached hydrogen (secondary N) is 2. The number of anilines is 2. The number of fused-ring (bicyclic) bond motifs is 1. The van der Waals surface area contributed by atoms with Gasteiger partial charge in [-0.3, -0.25) is 5.10 Å². The van der Waals surface area contributed by atoms with Gasteiger partial charge < -0.3 is 15.8 Å². The minimum Gasteiger partial charge on any atom is -0.397 e. The number of rotatable bonds is 2. The molecule has 1 aromatic carbocycles. The first-order valence-electron chi connectivity index (χ1n) is 5.40. The van der Waals surface area contributed by atoms with Crippen molar-refractivity contribution in [1.82, 2.24) is 10.2 Å². The highest BCUT2D eigenvalue weighted by Gasteiger charge is 2.16. The lowest BCUT2D eigenvalue weighted by Gasteiger charge is -2.14. The van der Waals surface area contributed by atoms with Crippen LogP contribution in [0.4, 0.5) is 11.4 Å². The Kier molecular flexibility index (Phi) is 2.18. The second-order valence-corrected chi connectivity index (χ2v) is 4.10. The van der Waals surface area contributed by atoms with Crippen LogP contribution in [0.2, 0.25) is 0 Å². The molecule has 0 spiro atoms. The zero-order chi connectivity index (χ0) is 11.0. The van der Waals surface area contributed by atoms with Gasteiger partial charge in [0.05, 0.1) is 35.7 Å². The lowest BCUT2D eigenvalue weighted by atomic mass is 10.2. The molecule has 84 valence electrons. The number of aromatic nitrogens is 2. The molecule has 16 heavy (non-hydrogen) atoms. The summed E-state index contributed by atoms with van der Waals surface area (Å²) in [7, 11) is 0. The molecule has 0 aliphatic carbocycles. The average Bonchev–Trinajstić information content (AvgIpc) is 2.89. The number of ether oxygens (including phenoxy) is 1. The van der Waals surface area contributed by atoms with Crippen LogP contribution in [0.25, 0.3) is 10.9 Å². The zero-order valence-corrected chi connectivity index (χ0v) is 8.86. The fourth-order valence-corrected chi connectivity index (χ4v) is 2.00. The third kappa shape index (κ3) is 1.59. The Labute approximate surface area is 93.0 Å². The molecule has 3 rings (SSSR count). The first kappa shape index (κ1) is 9.47. The van der Waals surface area contributed by atoms with Crippen LogP contribution in [0, 0.1) is 0 Å². The van der Waals surface area contributed by atoms with Crippen LogP contribution < -0.4 is 11.1 Å². The standard InChI is InChI=1S/C11H14N4O/c12-9-3-7-5-13-15-10(7)4-11(9)14-8-1-2-16-6-8/h3-5,8,14H,1-2,6,12H2,(H,13,15). The molecule has 0 saturated carbocycles. The number of aromatic amines is 1. The van der Waals surface area contributed by atoms with E-state index in [1.165, 1.54) is 0 Å². The van der Waals surface area contributed by atoms with Crippen molar-refractivity contribution < 1.29 is 4.74 Å². The summed E-state index contributed by atoms with van der Waals surface area (Å²) in [5, 5.41) is 11.3. The number of nitrogens with zero attached hydrogens (tertiary/aromatic N) is 1. The van der Waals surface area contributed by atoms with Crippen molar-refractivity contribution in [3.05, 3.63) is 18.3 Å². The number of nitrogens with two attached hydrogens (primary N) is 1. The molecule has 2 aromatic rings. The number of nitrogen functional groups attached to an aromatic ring is 1. The Bertz CT molecular complexity index is 502. The number of hydrogen-bond acceptors (Lipinski definition) is 4. The largest absolute Gasteiger partial charge is 0.397 e. The van der Waals surface area contributed by atoms with E-state index in [2.05, 4.69) is 15.5 Å². The molecule has 0 amide bonds. The monoisotopic (exact) mass is 218 g/mol. The summed E-state index contributed by atoms with van der Waals surface area (Å²) in [6, 6.07) is 4.29. The van der Waals surface area contributed by atoms with Gasteiger partial charge in [-0.15, -0.1) is 0 Å². The van der Waals surface area contributed by atoms with Crippen LogP contribution >= 0.6 is 0 Å². The second kappa shape index (κ2) is 3.68. The van der Waals surface area contributed by atoms with Crippen LogP contribution in [0.3, 0.4) is 0 Å². The molecule has 2 heterocycles. The van der Waals surface area contributed by atoms with Crippen molar-refractivity contribution in [2.45, 2.75) is 12.5 Å². The summed E-state index contributed by atoms with van der Waals surface area (Å²) < 4.78 is 5.32. The Morgan fingerprint density at radius 1 is 1.50 bits per heavy atom. The van der Waals surface area contributed by atoms with Gasteiger partial charge in [-0.2, -0.15) is 5.10 Å². The van der Waals surface area contributed by atoms with Gasteiger partial charge >= 0.3 is 0 Å². The SMILES string of the molecule is Nc1cc2cn[nH]c2cc1NC1CCOC1. The van der Waals surface area contributed by atoms with E-state index in [-0.39, 0.29) is 0 Å². The number of benzene rings is 1. The molecule has 1 saturated heterocycles. The normalized spacial score (nSPS) is 20.4. The van der Waals surface area contributed by atoms with Crippen molar-refractivity contribution in [1.29, 1.82) is 0 Å². The summed E-state index contributed by atoms with van der Waals surface area (Å²) >= 11 is 0. The maximum Gasteiger partial charge on any atom is 0.0672 e. The molecule has 1 aromatic heterocycles. The highest BCUT2D eigenvalue weighted by atomic mass is 16.5. The fraction of sp³-hybridized carbons (Fsp3) is 0.364. The Balaban J connectivity index is 1.92. The molecule has 4 N–H and O–H groups in total. The van der Waals surface area contributed by atoms with E-state index < -0.39 is 0 Å². The minimum absolute atomic E-state index is 0.364. The molecule has 1 unspecified atom stereocenters. The molecule has 1 fully saturated rings. The lowest BCUT2D eigenvalue weighted by Crippen LogP contribution is -2.19. The van der Waals surface area contributed by atoms with E-state index in [0.29, 0.717) is 6.04 Å². The molecule has 5 heteroatoms. The second-order valence-electron chi connectivity index (χ2n) is 4.10. The van der Waals surface area contributed by atoms with Crippen LogP contribution in [0.1, 0.15) is 6.42 Å². The minimum atomic E-state index is 0.364. The molecule has 1 aliphatic heterocycles. The maximum atomic E-state index is 5.98. The van der Waals surface area contributed by atoms with Crippen LogP contribution in [-0.4, -0.2) is 29.5 Å². The average molecular weight is 218 g/mol. The van der Waals surface area contributed by atoms with E-state index in [0.717, 1.165) is 41.9 Å². The van der Waals surface area contributed by atoms with Gasteiger partial charge in [-0.05, 0) is 18.6 Å². The molecule has 0 radical (unpaired) electrons. The lowest BCUT2D eigenvalue weighted by molar-refractivity contribution is 0.195. The highest BCUT2D eigenvalue weighted by Crippen LogP contribution is 2.26. The van der Waals surface area contributed by atoms with E-state index in [1.54, 1.807) is 6.20 Å². The molecule has 5 nitrogen and oxygen atoms in total. The Hall–Kier alpha value is -1.75. The number of hydrogen-bond donors (Lipinski definition) is 3. The van der Waals surface area contributed by atoms with E-state index >= 15 is 0 Å². The van der Waals surface area contributed by atoms with Gasteiger partial charge in [0.15, 0.2) is 0 Å². The number of H-pyrrole nitrogens is 1. The first-order valence-corrected chi connectivity index (χ1v) is 5.40. The van der Waals surface area contributed by atoms with Gasteiger partial charge in [-0.1, -0.05) is 0 Å². The maximum absolute atomic E-state index is 5.98. The third-order valence-electron chi connectivity index (χ3n) is 2.90. The summed E-state index contributed by atoms with van der Waals surface area (Å²) in [5.41, 5.74) is 8.68. The van der Waals surface area contributed by atoms with Gasteiger partial charge in [-0.25, -0.2) is 0 Å². The summed E-state index contributed by atoms with van der Waals surface area (Å²) in [6.07, 6.45) is 2.80. The van der Waals surface area contributed by atoms with Gasteiger partial charge in [0.1, 0.15) is 0 Å². The fourth-order valence-electron chi connectivity index (χ4n) is 2.00. The van der Waals surface area contributed by atoms with Gasteiger partial charge in [0, 0.05) is 12.0 Å². The Morgan fingerprint density at radius 3 is 3.25 bits per heavy atom. The summed E-state index contributed by atoms with van der Waals surface area (Å²) in [6.45, 7) is 1.57. The van der Waals surface area contributed by atoms with E-state index in [9.17, 15) is 0 Å². The summed E-state index contributed by atoms with van der Waals surface area (Å²) in [5.74, 6) is 0. The quantitative estimate of drug-likeness (QED) is 0.665. The smallest absolute Gasteiger partial charge is 0.0672 e. The zero-order valence-electron chi connectivity index (χ0n) is 8.86. The van der Waals surface area contributed by atoms with Crippen molar-refractivity contribution in [3.8, 4) is 0 Å². The summed E-state index contributed by atoms with van der Waals surface area (Å²) in [4.78, 5) is 0. The third-order valence-corrected chi connectivity index (χ3v) is 2.90. The predicted molar refractivity (Wildman–Crippen MR) is 63.4 cm³/mol. The van der Waals surface area contributed by atoms with Crippen LogP contribution in [0.15, 0.2) is 18.3 Å². The van der Waals surface area contributed by atoms with Crippen LogP contribution in [0.5, 0.6) is 0 Å². The molecule has 0 bridgehead atoms. The molecule has 1 aliphatic rings. The van der Waals surface area contributed by atoms with Gasteiger partial charge in [0.2, 0.25) is 0 Å². The molecule has 1 atom stereocenters.